The first-order valence-electron chi connectivity index (χ1n) is 7.67. The van der Waals surface area contributed by atoms with Crippen LogP contribution < -0.4 is 10.1 Å². The van der Waals surface area contributed by atoms with Crippen molar-refractivity contribution in [2.75, 3.05) is 6.61 Å². The molecule has 0 unspecified atom stereocenters. The van der Waals surface area contributed by atoms with Gasteiger partial charge in [-0.15, -0.1) is 0 Å². The molecule has 0 aliphatic carbocycles. The fourth-order valence-corrected chi connectivity index (χ4v) is 2.49. The molecule has 0 saturated carbocycles. The highest BCUT2D eigenvalue weighted by atomic mass is 32.1. The van der Waals surface area contributed by atoms with Crippen molar-refractivity contribution in [2.24, 2.45) is 0 Å². The number of aliphatic hydroxyl groups excluding tert-OH is 2. The smallest absolute Gasteiger partial charge is 0.256 e. The molecule has 2 rings (SSSR count). The molecule has 0 amide bonds. The lowest BCUT2D eigenvalue weighted by Crippen LogP contribution is -2.50. The van der Waals surface area contributed by atoms with Crippen LogP contribution in [0.1, 0.15) is 25.8 Å². The molecule has 3 N–H and O–H groups in total. The molecular formula is C16H23NO5S. The van der Waals surface area contributed by atoms with Crippen LogP contribution in [0, 0.1) is 0 Å². The minimum atomic E-state index is -1.06. The Morgan fingerprint density at radius 2 is 2.04 bits per heavy atom. The zero-order chi connectivity index (χ0) is 16.8. The Balaban J connectivity index is 1.88. The molecule has 1 aliphatic rings. The summed E-state index contributed by atoms with van der Waals surface area (Å²) in [6, 6.07) is 7.32. The Hall–Kier alpha value is -1.41. The third-order valence-electron chi connectivity index (χ3n) is 3.50. The summed E-state index contributed by atoms with van der Waals surface area (Å²) in [5, 5.41) is 23.1. The lowest BCUT2D eigenvalue weighted by molar-refractivity contribution is -0.231. The van der Waals surface area contributed by atoms with Gasteiger partial charge >= 0.3 is 0 Å². The van der Waals surface area contributed by atoms with Gasteiger partial charge < -0.3 is 29.7 Å². The first-order chi connectivity index (χ1) is 11.0. The van der Waals surface area contributed by atoms with E-state index in [0.717, 1.165) is 5.56 Å². The van der Waals surface area contributed by atoms with Gasteiger partial charge in [0.1, 0.15) is 11.9 Å². The Labute approximate surface area is 141 Å². The van der Waals surface area contributed by atoms with Crippen LogP contribution in [0.4, 0.5) is 0 Å². The van der Waals surface area contributed by atoms with E-state index in [-0.39, 0.29) is 6.10 Å². The van der Waals surface area contributed by atoms with E-state index >= 15 is 0 Å². The largest absolute Gasteiger partial charge is 0.471 e. The zero-order valence-corrected chi connectivity index (χ0v) is 14.1. The van der Waals surface area contributed by atoms with Gasteiger partial charge in [-0.25, -0.2) is 0 Å². The Morgan fingerprint density at radius 3 is 2.70 bits per heavy atom. The van der Waals surface area contributed by atoms with E-state index in [9.17, 15) is 10.2 Å². The van der Waals surface area contributed by atoms with Crippen molar-refractivity contribution < 1.29 is 24.4 Å². The van der Waals surface area contributed by atoms with Gasteiger partial charge in [-0.05, 0) is 43.8 Å². The van der Waals surface area contributed by atoms with Crippen LogP contribution in [-0.2, 0) is 16.0 Å². The van der Waals surface area contributed by atoms with E-state index in [4.69, 9.17) is 26.4 Å². The highest BCUT2D eigenvalue weighted by Crippen LogP contribution is 2.23. The number of aliphatic hydroxyl groups is 2. The summed E-state index contributed by atoms with van der Waals surface area (Å²) in [4.78, 5) is 0. The highest BCUT2D eigenvalue weighted by Gasteiger charge is 2.36. The Morgan fingerprint density at radius 1 is 1.35 bits per heavy atom. The Bertz CT molecular complexity index is 510. The number of thiocarbonyl (C=S) groups is 1. The summed E-state index contributed by atoms with van der Waals surface area (Å²) >= 11 is 5.00. The minimum Gasteiger partial charge on any atom is -0.471 e. The highest BCUT2D eigenvalue weighted by molar-refractivity contribution is 7.80. The second-order valence-electron chi connectivity index (χ2n) is 5.44. The van der Waals surface area contributed by atoms with Crippen molar-refractivity contribution in [2.45, 2.75) is 51.4 Å². The molecule has 1 aromatic rings. The van der Waals surface area contributed by atoms with Gasteiger partial charge in [0.15, 0.2) is 0 Å². The topological polar surface area (TPSA) is 80.2 Å². The normalized spacial score (nSPS) is 27.3. The average Bonchev–Trinajstić information content (AvgIpc) is 2.52. The molecule has 0 bridgehead atoms. The molecule has 6 nitrogen and oxygen atoms in total. The van der Waals surface area contributed by atoms with Crippen molar-refractivity contribution in [1.82, 2.24) is 5.32 Å². The second kappa shape index (κ2) is 8.44. The predicted octanol–water partition coefficient (Wildman–Crippen LogP) is 1.33. The SMILES string of the molecule is CCOC(=S)NCc1ccc(O[C@@H]2O[C@@H](C)C[C@@H](O)[C@H]2O)cc1. The monoisotopic (exact) mass is 341 g/mol. The van der Waals surface area contributed by atoms with E-state index in [1.54, 1.807) is 12.1 Å². The summed E-state index contributed by atoms with van der Waals surface area (Å²) in [5.41, 5.74) is 1.01. The standard InChI is InChI=1S/C16H23NO5S/c1-3-20-16(23)17-9-11-4-6-12(7-5-11)22-15-14(19)13(18)8-10(2)21-15/h4-7,10,13-15,18-19H,3,8-9H2,1-2H3,(H,17,23)/t10-,13+,14+,15-/m0/s1. The molecule has 1 fully saturated rings. The van der Waals surface area contributed by atoms with Crippen molar-refractivity contribution >= 4 is 17.4 Å². The molecule has 4 atom stereocenters. The molecule has 1 saturated heterocycles. The number of hydrogen-bond donors (Lipinski definition) is 3. The molecule has 0 radical (unpaired) electrons. The summed E-state index contributed by atoms with van der Waals surface area (Å²) in [6.45, 7) is 4.80. The maximum absolute atomic E-state index is 9.93. The van der Waals surface area contributed by atoms with E-state index in [1.807, 2.05) is 26.0 Å². The van der Waals surface area contributed by atoms with Gasteiger partial charge in [0, 0.05) is 13.0 Å². The van der Waals surface area contributed by atoms with Crippen molar-refractivity contribution in [3.63, 3.8) is 0 Å². The van der Waals surface area contributed by atoms with Crippen LogP contribution in [0.25, 0.3) is 0 Å². The molecule has 1 aromatic carbocycles. The molecule has 1 aliphatic heterocycles. The molecule has 7 heteroatoms. The van der Waals surface area contributed by atoms with Gasteiger partial charge in [-0.1, -0.05) is 12.1 Å². The minimum absolute atomic E-state index is 0.165. The van der Waals surface area contributed by atoms with E-state index in [1.165, 1.54) is 0 Å². The number of benzene rings is 1. The third kappa shape index (κ3) is 5.31. The fourth-order valence-electron chi connectivity index (χ4n) is 2.30. The third-order valence-corrected chi connectivity index (χ3v) is 3.76. The summed E-state index contributed by atoms with van der Waals surface area (Å²) in [5.74, 6) is 0.562. The first kappa shape index (κ1) is 17.9. The van der Waals surface area contributed by atoms with Crippen LogP contribution in [0.3, 0.4) is 0 Å². The maximum atomic E-state index is 9.93. The van der Waals surface area contributed by atoms with Gasteiger partial charge in [0.2, 0.25) is 6.29 Å². The molecule has 0 spiro atoms. The molecule has 1 heterocycles. The van der Waals surface area contributed by atoms with E-state index in [2.05, 4.69) is 5.32 Å². The zero-order valence-electron chi connectivity index (χ0n) is 13.3. The van der Waals surface area contributed by atoms with Crippen LogP contribution in [0.2, 0.25) is 0 Å². The first-order valence-corrected chi connectivity index (χ1v) is 8.08. The van der Waals surface area contributed by atoms with E-state index in [0.29, 0.717) is 30.5 Å². The average molecular weight is 341 g/mol. The quantitative estimate of drug-likeness (QED) is 0.697. The van der Waals surface area contributed by atoms with Crippen molar-refractivity contribution in [1.29, 1.82) is 0 Å². The van der Waals surface area contributed by atoms with Crippen LogP contribution >= 0.6 is 12.2 Å². The lowest BCUT2D eigenvalue weighted by Gasteiger charge is -2.35. The van der Waals surface area contributed by atoms with Crippen LogP contribution in [-0.4, -0.2) is 46.6 Å². The molecule has 0 aromatic heterocycles. The van der Waals surface area contributed by atoms with Gasteiger partial charge in [0.25, 0.3) is 5.17 Å². The van der Waals surface area contributed by atoms with Crippen molar-refractivity contribution in [3.8, 4) is 5.75 Å². The number of nitrogens with one attached hydrogen (secondary N) is 1. The maximum Gasteiger partial charge on any atom is 0.256 e. The second-order valence-corrected chi connectivity index (χ2v) is 5.82. The van der Waals surface area contributed by atoms with Crippen LogP contribution in [0.15, 0.2) is 24.3 Å². The predicted molar refractivity (Wildman–Crippen MR) is 89.1 cm³/mol. The van der Waals surface area contributed by atoms with E-state index < -0.39 is 18.5 Å². The van der Waals surface area contributed by atoms with Gasteiger partial charge in [-0.3, -0.25) is 0 Å². The molecule has 23 heavy (non-hydrogen) atoms. The fraction of sp³-hybridized carbons (Fsp3) is 0.562. The summed E-state index contributed by atoms with van der Waals surface area (Å²) in [6.07, 6.45) is -2.54. The number of hydrogen-bond acceptors (Lipinski definition) is 6. The van der Waals surface area contributed by atoms with Gasteiger partial charge in [0.05, 0.1) is 18.8 Å². The Kier molecular flexibility index (Phi) is 6.59. The number of rotatable bonds is 5. The summed E-state index contributed by atoms with van der Waals surface area (Å²) < 4.78 is 16.3. The van der Waals surface area contributed by atoms with Gasteiger partial charge in [-0.2, -0.15) is 0 Å². The van der Waals surface area contributed by atoms with Crippen LogP contribution in [0.5, 0.6) is 5.75 Å². The number of ether oxygens (including phenoxy) is 3. The lowest BCUT2D eigenvalue weighted by atomic mass is 10.0. The summed E-state index contributed by atoms with van der Waals surface area (Å²) in [7, 11) is 0. The molecule has 128 valence electrons. The van der Waals surface area contributed by atoms with Crippen molar-refractivity contribution in [3.05, 3.63) is 29.8 Å². The molecular weight excluding hydrogens is 318 g/mol.